The number of nitrogens with one attached hydrogen (secondary N) is 1. The zero-order chi connectivity index (χ0) is 15.4. The van der Waals surface area contributed by atoms with Gasteiger partial charge in [-0.15, -0.1) is 0 Å². The normalized spacial score (nSPS) is 12.4. The number of thiophene rings is 1. The smallest absolute Gasteiger partial charge is 0.255 e. The Labute approximate surface area is 132 Å². The standard InChI is InChI=1S/C15H16ClFN2OS/c1-19(2)13(10-6-7-21-9-10)8-18-15(20)14-11(16)4-3-5-12(14)17/h3-7,9,13H,8H2,1-2H3,(H,18,20)/t13-/m0/s1. The number of carbonyl (C=O) groups is 1. The van der Waals surface area contributed by atoms with Crippen LogP contribution >= 0.6 is 22.9 Å². The average molecular weight is 327 g/mol. The third-order valence-corrected chi connectivity index (χ3v) is 4.21. The van der Waals surface area contributed by atoms with Crippen molar-refractivity contribution < 1.29 is 9.18 Å². The van der Waals surface area contributed by atoms with Crippen LogP contribution in [0.4, 0.5) is 4.39 Å². The third kappa shape index (κ3) is 3.81. The number of rotatable bonds is 5. The summed E-state index contributed by atoms with van der Waals surface area (Å²) in [4.78, 5) is 14.1. The molecule has 0 radical (unpaired) electrons. The molecule has 1 N–H and O–H groups in total. The quantitative estimate of drug-likeness (QED) is 0.911. The molecule has 1 heterocycles. The molecule has 0 bridgehead atoms. The van der Waals surface area contributed by atoms with E-state index in [4.69, 9.17) is 11.6 Å². The predicted octanol–water partition coefficient (Wildman–Crippen LogP) is 3.57. The highest BCUT2D eigenvalue weighted by molar-refractivity contribution is 7.07. The molecule has 6 heteroatoms. The van der Waals surface area contributed by atoms with Gasteiger partial charge in [0, 0.05) is 6.54 Å². The molecule has 112 valence electrons. The van der Waals surface area contributed by atoms with E-state index in [0.717, 1.165) is 5.56 Å². The SMILES string of the molecule is CN(C)[C@@H](CNC(=O)c1c(F)cccc1Cl)c1ccsc1. The molecule has 1 aromatic heterocycles. The molecule has 0 aliphatic carbocycles. The second kappa shape index (κ2) is 7.02. The molecule has 1 aromatic carbocycles. The van der Waals surface area contributed by atoms with E-state index < -0.39 is 11.7 Å². The fourth-order valence-corrected chi connectivity index (χ4v) is 3.01. The highest BCUT2D eigenvalue weighted by Crippen LogP contribution is 2.21. The molecule has 0 saturated carbocycles. The van der Waals surface area contributed by atoms with Crippen LogP contribution in [0.15, 0.2) is 35.0 Å². The number of hydrogen-bond acceptors (Lipinski definition) is 3. The first kappa shape index (κ1) is 15.9. The first-order valence-electron chi connectivity index (χ1n) is 6.41. The van der Waals surface area contributed by atoms with Crippen molar-refractivity contribution in [2.45, 2.75) is 6.04 Å². The average Bonchev–Trinajstić information content (AvgIpc) is 2.92. The van der Waals surface area contributed by atoms with Gasteiger partial charge in [-0.3, -0.25) is 4.79 Å². The summed E-state index contributed by atoms with van der Waals surface area (Å²) in [6.45, 7) is 0.382. The molecule has 2 aromatic rings. The maximum atomic E-state index is 13.7. The van der Waals surface area contributed by atoms with E-state index in [1.165, 1.54) is 18.2 Å². The summed E-state index contributed by atoms with van der Waals surface area (Å²) >= 11 is 7.49. The first-order chi connectivity index (χ1) is 10.0. The van der Waals surface area contributed by atoms with E-state index in [1.54, 1.807) is 11.3 Å². The monoisotopic (exact) mass is 326 g/mol. The molecule has 0 aliphatic rings. The molecular weight excluding hydrogens is 311 g/mol. The van der Waals surface area contributed by atoms with Gasteiger partial charge in [0.1, 0.15) is 5.82 Å². The Morgan fingerprint density at radius 3 is 2.76 bits per heavy atom. The van der Waals surface area contributed by atoms with Gasteiger partial charge in [0.25, 0.3) is 5.91 Å². The Morgan fingerprint density at radius 2 is 2.19 bits per heavy atom. The Hall–Kier alpha value is -1.43. The molecule has 21 heavy (non-hydrogen) atoms. The zero-order valence-electron chi connectivity index (χ0n) is 11.8. The summed E-state index contributed by atoms with van der Waals surface area (Å²) in [7, 11) is 3.87. The van der Waals surface area contributed by atoms with E-state index in [2.05, 4.69) is 5.32 Å². The van der Waals surface area contributed by atoms with Crippen LogP contribution < -0.4 is 5.32 Å². The second-order valence-electron chi connectivity index (χ2n) is 4.84. The van der Waals surface area contributed by atoms with Gasteiger partial charge in [0.2, 0.25) is 0 Å². The summed E-state index contributed by atoms with van der Waals surface area (Å²) in [5.74, 6) is -1.11. The molecule has 1 atom stereocenters. The van der Waals surface area contributed by atoms with E-state index >= 15 is 0 Å². The Kier molecular flexibility index (Phi) is 5.33. The summed E-state index contributed by atoms with van der Waals surface area (Å²) in [6, 6.07) is 6.25. The molecule has 2 rings (SSSR count). The molecule has 0 spiro atoms. The number of likely N-dealkylation sites (N-methyl/N-ethyl adjacent to an activating group) is 1. The highest BCUT2D eigenvalue weighted by Gasteiger charge is 2.19. The van der Waals surface area contributed by atoms with Gasteiger partial charge in [-0.05, 0) is 48.6 Å². The van der Waals surface area contributed by atoms with Gasteiger partial charge < -0.3 is 10.2 Å². The largest absolute Gasteiger partial charge is 0.350 e. The zero-order valence-corrected chi connectivity index (χ0v) is 13.3. The number of hydrogen-bond donors (Lipinski definition) is 1. The maximum absolute atomic E-state index is 13.7. The fourth-order valence-electron chi connectivity index (χ4n) is 2.06. The molecule has 1 amide bonds. The van der Waals surface area contributed by atoms with Crippen LogP contribution in [0.3, 0.4) is 0 Å². The predicted molar refractivity (Wildman–Crippen MR) is 84.5 cm³/mol. The van der Waals surface area contributed by atoms with Crippen LogP contribution in [0.2, 0.25) is 5.02 Å². The van der Waals surface area contributed by atoms with Gasteiger partial charge in [-0.1, -0.05) is 17.7 Å². The van der Waals surface area contributed by atoms with Gasteiger partial charge in [0.15, 0.2) is 0 Å². The number of benzene rings is 1. The Bertz CT molecular complexity index is 596. The number of amides is 1. The number of nitrogens with zero attached hydrogens (tertiary/aromatic N) is 1. The minimum atomic E-state index is -0.614. The molecule has 0 unspecified atom stereocenters. The van der Waals surface area contributed by atoms with E-state index in [1.807, 2.05) is 35.8 Å². The van der Waals surface area contributed by atoms with Crippen LogP contribution in [-0.4, -0.2) is 31.4 Å². The van der Waals surface area contributed by atoms with Gasteiger partial charge >= 0.3 is 0 Å². The third-order valence-electron chi connectivity index (χ3n) is 3.20. The van der Waals surface area contributed by atoms with Crippen LogP contribution in [0.1, 0.15) is 22.0 Å². The maximum Gasteiger partial charge on any atom is 0.255 e. The molecule has 0 saturated heterocycles. The van der Waals surface area contributed by atoms with Crippen LogP contribution in [-0.2, 0) is 0 Å². The minimum Gasteiger partial charge on any atom is -0.350 e. The lowest BCUT2D eigenvalue weighted by Gasteiger charge is -2.24. The minimum absolute atomic E-state index is 0.0331. The van der Waals surface area contributed by atoms with Crippen molar-refractivity contribution in [2.24, 2.45) is 0 Å². The summed E-state index contributed by atoms with van der Waals surface area (Å²) in [5, 5.41) is 6.89. The van der Waals surface area contributed by atoms with E-state index in [0.29, 0.717) is 6.54 Å². The lowest BCUT2D eigenvalue weighted by Crippen LogP contribution is -2.34. The van der Waals surface area contributed by atoms with Crippen molar-refractivity contribution >= 4 is 28.8 Å². The van der Waals surface area contributed by atoms with Gasteiger partial charge in [0.05, 0.1) is 16.6 Å². The molecule has 0 aliphatic heterocycles. The van der Waals surface area contributed by atoms with Gasteiger partial charge in [-0.25, -0.2) is 4.39 Å². The van der Waals surface area contributed by atoms with Crippen LogP contribution in [0.25, 0.3) is 0 Å². The van der Waals surface area contributed by atoms with E-state index in [-0.39, 0.29) is 16.6 Å². The van der Waals surface area contributed by atoms with E-state index in [9.17, 15) is 9.18 Å². The summed E-state index contributed by atoms with van der Waals surface area (Å²) in [6.07, 6.45) is 0. The Morgan fingerprint density at radius 1 is 1.43 bits per heavy atom. The lowest BCUT2D eigenvalue weighted by atomic mass is 10.1. The van der Waals surface area contributed by atoms with Crippen LogP contribution in [0, 0.1) is 5.82 Å². The topological polar surface area (TPSA) is 32.3 Å². The van der Waals surface area contributed by atoms with Crippen molar-refractivity contribution in [1.82, 2.24) is 10.2 Å². The van der Waals surface area contributed by atoms with Crippen molar-refractivity contribution in [1.29, 1.82) is 0 Å². The summed E-state index contributed by atoms with van der Waals surface area (Å²) < 4.78 is 13.7. The summed E-state index contributed by atoms with van der Waals surface area (Å²) in [5.41, 5.74) is 1.01. The molecule has 0 fully saturated rings. The number of halogens is 2. The van der Waals surface area contributed by atoms with Crippen molar-refractivity contribution in [3.05, 3.63) is 57.0 Å². The van der Waals surface area contributed by atoms with Crippen molar-refractivity contribution in [3.63, 3.8) is 0 Å². The second-order valence-corrected chi connectivity index (χ2v) is 6.03. The van der Waals surface area contributed by atoms with Gasteiger partial charge in [-0.2, -0.15) is 11.3 Å². The van der Waals surface area contributed by atoms with Crippen molar-refractivity contribution in [3.8, 4) is 0 Å². The van der Waals surface area contributed by atoms with Crippen LogP contribution in [0.5, 0.6) is 0 Å². The lowest BCUT2D eigenvalue weighted by molar-refractivity contribution is 0.0938. The molecular formula is C15H16ClFN2OS. The number of carbonyl (C=O) groups excluding carboxylic acids is 1. The van der Waals surface area contributed by atoms with Crippen molar-refractivity contribution in [2.75, 3.05) is 20.6 Å². The fraction of sp³-hybridized carbons (Fsp3) is 0.267. The Balaban J connectivity index is 2.09. The first-order valence-corrected chi connectivity index (χ1v) is 7.73. The molecule has 3 nitrogen and oxygen atoms in total. The highest BCUT2D eigenvalue weighted by atomic mass is 35.5.